The van der Waals surface area contributed by atoms with Gasteiger partial charge in [0.25, 0.3) is 0 Å². The number of carbonyl (C=O) groups excluding carboxylic acids is 2. The number of carboxylic acids is 4. The molecule has 0 atom stereocenters. The first-order chi connectivity index (χ1) is 11.3. The normalized spacial score (nSPS) is 7.23. The van der Waals surface area contributed by atoms with Gasteiger partial charge in [0.15, 0.2) is 0 Å². The third kappa shape index (κ3) is 13.4. The minimum Gasteiger partial charge on any atom is -0.545 e. The molecule has 0 aliphatic carbocycles. The Morgan fingerprint density at radius 2 is 0.710 bits per heavy atom. The van der Waals surface area contributed by atoms with Crippen LogP contribution in [0.3, 0.4) is 0 Å². The molecule has 2 rings (SSSR count). The number of benzene rings is 2. The van der Waals surface area contributed by atoms with Crippen LogP contribution in [-0.2, 0) is 49.6 Å². The predicted molar refractivity (Wildman–Crippen MR) is 105 cm³/mol. The van der Waals surface area contributed by atoms with Crippen molar-refractivity contribution >= 4 is 23.9 Å². The molecule has 0 bridgehead atoms. The molecule has 0 saturated heterocycles. The predicted octanol–water partition coefficient (Wildman–Crippen LogP) is -6.04. The van der Waals surface area contributed by atoms with E-state index in [0.29, 0.717) is 0 Å². The Morgan fingerprint density at radius 3 is 0.839 bits per heavy atom. The molecule has 2 aromatic rings. The molecule has 0 aliphatic rings. The molecule has 20 N–H and O–H groups in total. The van der Waals surface area contributed by atoms with Gasteiger partial charge in [-0.15, -0.1) is 0 Å². The van der Waals surface area contributed by atoms with Crippen LogP contribution in [0, 0.1) is 0 Å². The van der Waals surface area contributed by atoms with Crippen molar-refractivity contribution in [3.63, 3.8) is 0 Å². The summed E-state index contributed by atoms with van der Waals surface area (Å²) in [5.41, 5.74) is -1.11. The summed E-state index contributed by atoms with van der Waals surface area (Å²) in [6, 6.07) is 10.6. The molecule has 15 heteroatoms. The summed E-state index contributed by atoms with van der Waals surface area (Å²) in [5, 5.41) is 37.8. The summed E-state index contributed by atoms with van der Waals surface area (Å²) in [6.45, 7) is 0. The zero-order valence-electron chi connectivity index (χ0n) is 15.8. The maximum Gasteiger partial charge on any atom is 2.00 e. The molecule has 0 heterocycles. The van der Waals surface area contributed by atoms with Crippen molar-refractivity contribution in [3.8, 4) is 0 Å². The molecule has 2 aromatic carbocycles. The van der Waals surface area contributed by atoms with Crippen LogP contribution in [0.25, 0.3) is 0 Å². The van der Waals surface area contributed by atoms with E-state index in [-0.39, 0.29) is 71.9 Å². The summed E-state index contributed by atoms with van der Waals surface area (Å²) < 4.78 is 0. The van der Waals surface area contributed by atoms with E-state index in [9.17, 15) is 29.4 Å². The van der Waals surface area contributed by atoms with E-state index in [1.165, 1.54) is 48.5 Å². The van der Waals surface area contributed by atoms with Gasteiger partial charge >= 0.3 is 28.7 Å². The van der Waals surface area contributed by atoms with Gasteiger partial charge in [-0.2, -0.15) is 0 Å². The van der Waals surface area contributed by atoms with Crippen molar-refractivity contribution in [2.45, 2.75) is 0 Å². The molecule has 0 saturated carbocycles. The average Bonchev–Trinajstić information content (AvgIpc) is 2.55. The van der Waals surface area contributed by atoms with Crippen molar-refractivity contribution in [3.05, 3.63) is 70.8 Å². The van der Waals surface area contributed by atoms with Gasteiger partial charge in [-0.3, -0.25) is 0 Å². The van der Waals surface area contributed by atoms with Gasteiger partial charge in [0.2, 0.25) is 0 Å². The first kappa shape index (κ1) is 46.0. The molecule has 179 valence electrons. The van der Waals surface area contributed by atoms with E-state index in [1.807, 2.05) is 0 Å². The first-order valence-corrected chi connectivity index (χ1v) is 6.33. The fourth-order valence-corrected chi connectivity index (χ4v) is 1.70. The summed E-state index contributed by atoms with van der Waals surface area (Å²) in [4.78, 5) is 41.6. The summed E-state index contributed by atoms with van der Waals surface area (Å²) in [6.07, 6.45) is 0. The van der Waals surface area contributed by atoms with E-state index in [4.69, 9.17) is 10.2 Å². The van der Waals surface area contributed by atoms with E-state index in [0.717, 1.165) is 0 Å². The van der Waals surface area contributed by atoms with Gasteiger partial charge in [0.1, 0.15) is 0 Å². The second-order valence-corrected chi connectivity index (χ2v) is 4.28. The van der Waals surface area contributed by atoms with Crippen LogP contribution >= 0.6 is 0 Å². The topological polar surface area (TPSA) is 353 Å². The van der Waals surface area contributed by atoms with Crippen LogP contribution in [0.15, 0.2) is 48.5 Å². The van der Waals surface area contributed by atoms with Crippen LogP contribution in [0.1, 0.15) is 41.4 Å². The maximum absolute atomic E-state index is 10.4. The van der Waals surface area contributed by atoms with Crippen LogP contribution in [0.5, 0.6) is 0 Å². The van der Waals surface area contributed by atoms with E-state index < -0.39 is 23.9 Å². The Balaban J connectivity index is -0.0000000606. The molecule has 31 heavy (non-hydrogen) atoms. The summed E-state index contributed by atoms with van der Waals surface area (Å²) in [5.74, 6) is -5.49. The fourth-order valence-electron chi connectivity index (χ4n) is 1.70. The van der Waals surface area contributed by atoms with Crippen LogP contribution in [0.2, 0.25) is 0 Å². The first-order valence-electron chi connectivity index (χ1n) is 6.33. The molecular formula is C16H28CoO14+6. The van der Waals surface area contributed by atoms with Crippen molar-refractivity contribution < 1.29 is 89.2 Å². The number of hydrogen-bond acceptors (Lipinski definition) is 6. The SMILES string of the molecule is O=C([O-])c1ccccc1C(=O)O.O=C([O-])c1ccccc1C(=O)O.[Co+2].[OH3+].[OH3+].[OH3+].[OH3+].[OH3+].[OH3+]. The molecule has 0 aromatic heterocycles. The Labute approximate surface area is 184 Å². The van der Waals surface area contributed by atoms with E-state index >= 15 is 0 Å². The number of rotatable bonds is 4. The van der Waals surface area contributed by atoms with Crippen molar-refractivity contribution in [2.24, 2.45) is 0 Å². The van der Waals surface area contributed by atoms with Crippen molar-refractivity contribution in [2.75, 3.05) is 0 Å². The van der Waals surface area contributed by atoms with Crippen molar-refractivity contribution in [1.82, 2.24) is 0 Å². The summed E-state index contributed by atoms with van der Waals surface area (Å²) >= 11 is 0. The largest absolute Gasteiger partial charge is 2.00 e. The Kier molecular flexibility index (Phi) is 31.6. The van der Waals surface area contributed by atoms with Crippen molar-refractivity contribution in [1.29, 1.82) is 0 Å². The summed E-state index contributed by atoms with van der Waals surface area (Å²) in [7, 11) is 0. The maximum atomic E-state index is 10.4. The quantitative estimate of drug-likeness (QED) is 0.377. The van der Waals surface area contributed by atoms with Crippen LogP contribution in [-0.4, -0.2) is 34.1 Å². The smallest absolute Gasteiger partial charge is 0.545 e. The minimum absolute atomic E-state index is 0. The van der Waals surface area contributed by atoms with Gasteiger partial charge in [-0.1, -0.05) is 36.4 Å². The fraction of sp³-hybridized carbons (Fsp3) is 0. The van der Waals surface area contributed by atoms with Crippen LogP contribution in [0.4, 0.5) is 0 Å². The van der Waals surface area contributed by atoms with E-state index in [2.05, 4.69) is 0 Å². The third-order valence-corrected chi connectivity index (χ3v) is 2.75. The number of carboxylic acid groups (broad SMARTS) is 4. The molecule has 0 aliphatic heterocycles. The average molecular weight is 503 g/mol. The molecule has 0 amide bonds. The number of hydrogen-bond donors (Lipinski definition) is 2. The zero-order chi connectivity index (χ0) is 18.3. The second-order valence-electron chi connectivity index (χ2n) is 4.28. The standard InChI is InChI=1S/2C8H6O4.Co.6H2O/c2*9-7(10)5-3-1-2-4-6(5)8(11)12;;;;;;;/h2*1-4H,(H,9,10)(H,11,12);;6*1H2/q;;+2;;;;;;/p+4. The molecular weight excluding hydrogens is 475 g/mol. The van der Waals surface area contributed by atoms with Gasteiger partial charge in [-0.25, -0.2) is 9.59 Å². The Hall–Kier alpha value is -3.41. The number of carbonyl (C=O) groups is 4. The van der Waals surface area contributed by atoms with Gasteiger partial charge < -0.3 is 62.9 Å². The molecule has 0 spiro atoms. The Morgan fingerprint density at radius 1 is 0.516 bits per heavy atom. The van der Waals surface area contributed by atoms with Gasteiger partial charge in [0.05, 0.1) is 23.1 Å². The monoisotopic (exact) mass is 503 g/mol. The van der Waals surface area contributed by atoms with Gasteiger partial charge in [0, 0.05) is 11.1 Å². The minimum atomic E-state index is -1.48. The molecule has 1 radical (unpaired) electrons. The molecule has 0 fully saturated rings. The van der Waals surface area contributed by atoms with E-state index in [1.54, 1.807) is 0 Å². The Bertz CT molecular complexity index is 675. The van der Waals surface area contributed by atoms with Crippen LogP contribution < -0.4 is 10.2 Å². The molecule has 0 unspecified atom stereocenters. The second kappa shape index (κ2) is 21.3. The number of aromatic carboxylic acids is 4. The van der Waals surface area contributed by atoms with Gasteiger partial charge in [-0.05, 0) is 12.1 Å². The molecule has 14 nitrogen and oxygen atoms in total. The zero-order valence-corrected chi connectivity index (χ0v) is 16.8. The third-order valence-electron chi connectivity index (χ3n) is 2.75.